The number of para-hydroxylation sites is 1. The van der Waals surface area contributed by atoms with Gasteiger partial charge in [0, 0.05) is 19.2 Å². The van der Waals surface area contributed by atoms with E-state index in [4.69, 9.17) is 9.47 Å². The summed E-state index contributed by atoms with van der Waals surface area (Å²) >= 11 is 0. The zero-order chi connectivity index (χ0) is 11.2. The summed E-state index contributed by atoms with van der Waals surface area (Å²) in [6.45, 7) is 5.65. The topological polar surface area (TPSA) is 21.7 Å². The molecule has 1 aliphatic rings. The van der Waals surface area contributed by atoms with Crippen molar-refractivity contribution in [2.24, 2.45) is 0 Å². The first-order valence-electron chi connectivity index (χ1n) is 5.85. The molecule has 1 atom stereocenters. The third kappa shape index (κ3) is 2.97. The van der Waals surface area contributed by atoms with E-state index in [2.05, 4.69) is 17.9 Å². The maximum absolute atomic E-state index is 5.92. The molecule has 16 heavy (non-hydrogen) atoms. The van der Waals surface area contributed by atoms with E-state index in [1.165, 1.54) is 0 Å². The monoisotopic (exact) mass is 220 g/mol. The minimum absolute atomic E-state index is 0.141. The van der Waals surface area contributed by atoms with Gasteiger partial charge in [-0.3, -0.25) is 4.90 Å². The summed E-state index contributed by atoms with van der Waals surface area (Å²) in [4.78, 5) is 2.32. The van der Waals surface area contributed by atoms with Crippen molar-refractivity contribution < 1.29 is 9.47 Å². The Bertz CT molecular complexity index is 296. The molecule has 0 aliphatic carbocycles. The van der Waals surface area contributed by atoms with Crippen molar-refractivity contribution in [1.82, 2.24) is 4.90 Å². The van der Waals surface area contributed by atoms with Gasteiger partial charge in [0.05, 0.1) is 13.2 Å². The first kappa shape index (κ1) is 11.4. The number of nitrogens with zero attached hydrogens (tertiary/aromatic N) is 1. The van der Waals surface area contributed by atoms with Crippen LogP contribution in [-0.2, 0) is 4.74 Å². The summed E-state index contributed by atoms with van der Waals surface area (Å²) in [5, 5.41) is 0. The molecule has 0 amide bonds. The first-order chi connectivity index (χ1) is 7.90. The van der Waals surface area contributed by atoms with Crippen molar-refractivity contribution in [3.05, 3.63) is 30.3 Å². The van der Waals surface area contributed by atoms with Gasteiger partial charge in [-0.05, 0) is 12.5 Å². The Morgan fingerprint density at radius 3 is 2.88 bits per heavy atom. The maximum atomic E-state index is 5.92. The summed E-state index contributed by atoms with van der Waals surface area (Å²) in [5.74, 6) is 0.820. The highest BCUT2D eigenvalue weighted by Gasteiger charge is 2.20. The SMILES string of the molecule is CCC(Oc1[c]cccc1)N1CCOCC1. The van der Waals surface area contributed by atoms with Gasteiger partial charge < -0.3 is 9.47 Å². The van der Waals surface area contributed by atoms with Crippen LogP contribution < -0.4 is 4.74 Å². The zero-order valence-electron chi connectivity index (χ0n) is 9.69. The number of benzene rings is 1. The molecule has 0 aromatic heterocycles. The molecule has 1 heterocycles. The second-order valence-corrected chi connectivity index (χ2v) is 3.86. The van der Waals surface area contributed by atoms with E-state index in [0.717, 1.165) is 38.5 Å². The van der Waals surface area contributed by atoms with Gasteiger partial charge in [0.2, 0.25) is 0 Å². The van der Waals surface area contributed by atoms with Gasteiger partial charge in [0.15, 0.2) is 6.23 Å². The minimum Gasteiger partial charge on any atom is -0.474 e. The summed E-state index contributed by atoms with van der Waals surface area (Å²) in [7, 11) is 0. The highest BCUT2D eigenvalue weighted by Crippen LogP contribution is 2.15. The molecule has 1 fully saturated rings. The Hall–Kier alpha value is -1.06. The molecule has 1 saturated heterocycles. The summed E-state index contributed by atoms with van der Waals surface area (Å²) in [6, 6.07) is 10.8. The van der Waals surface area contributed by atoms with Gasteiger partial charge in [0.1, 0.15) is 5.75 Å². The lowest BCUT2D eigenvalue weighted by molar-refractivity contribution is -0.0469. The molecule has 1 aromatic carbocycles. The van der Waals surface area contributed by atoms with Crippen molar-refractivity contribution in [1.29, 1.82) is 0 Å². The minimum atomic E-state index is 0.141. The largest absolute Gasteiger partial charge is 0.474 e. The van der Waals surface area contributed by atoms with Crippen molar-refractivity contribution in [3.8, 4) is 5.75 Å². The molecule has 0 bridgehead atoms. The molecule has 87 valence electrons. The van der Waals surface area contributed by atoms with Crippen LogP contribution in [0.1, 0.15) is 13.3 Å². The molecule has 0 spiro atoms. The maximum Gasteiger partial charge on any atom is 0.152 e. The van der Waals surface area contributed by atoms with Crippen LogP contribution in [0.4, 0.5) is 0 Å². The van der Waals surface area contributed by atoms with Gasteiger partial charge in [-0.1, -0.05) is 25.1 Å². The average Bonchev–Trinajstić information content (AvgIpc) is 2.38. The van der Waals surface area contributed by atoms with Crippen LogP contribution in [0.5, 0.6) is 5.75 Å². The van der Waals surface area contributed by atoms with Crippen LogP contribution in [0.15, 0.2) is 24.3 Å². The van der Waals surface area contributed by atoms with Gasteiger partial charge in [-0.25, -0.2) is 0 Å². The van der Waals surface area contributed by atoms with Crippen LogP contribution in [0, 0.1) is 6.07 Å². The quantitative estimate of drug-likeness (QED) is 0.774. The molecule has 0 saturated carbocycles. The second kappa shape index (κ2) is 5.87. The fourth-order valence-corrected chi connectivity index (χ4v) is 1.88. The first-order valence-corrected chi connectivity index (χ1v) is 5.85. The lowest BCUT2D eigenvalue weighted by Gasteiger charge is -2.33. The molecule has 3 heteroatoms. The van der Waals surface area contributed by atoms with Crippen LogP contribution in [0.25, 0.3) is 0 Å². The fraction of sp³-hybridized carbons (Fsp3) is 0.538. The molecule has 2 rings (SSSR count). The Morgan fingerprint density at radius 2 is 2.25 bits per heavy atom. The van der Waals surface area contributed by atoms with Crippen molar-refractivity contribution in [2.75, 3.05) is 26.3 Å². The van der Waals surface area contributed by atoms with E-state index < -0.39 is 0 Å². The van der Waals surface area contributed by atoms with Gasteiger partial charge >= 0.3 is 0 Å². The molecular formula is C13H18NO2. The number of rotatable bonds is 4. The Morgan fingerprint density at radius 1 is 1.44 bits per heavy atom. The van der Waals surface area contributed by atoms with Crippen molar-refractivity contribution in [2.45, 2.75) is 19.6 Å². The van der Waals surface area contributed by atoms with Crippen LogP contribution in [-0.4, -0.2) is 37.4 Å². The van der Waals surface area contributed by atoms with E-state index >= 15 is 0 Å². The molecule has 0 N–H and O–H groups in total. The predicted octanol–water partition coefficient (Wildman–Crippen LogP) is 1.93. The highest BCUT2D eigenvalue weighted by molar-refractivity contribution is 5.19. The highest BCUT2D eigenvalue weighted by atomic mass is 16.5. The number of hydrogen-bond acceptors (Lipinski definition) is 3. The molecule has 1 radical (unpaired) electrons. The average molecular weight is 220 g/mol. The molecule has 3 nitrogen and oxygen atoms in total. The normalized spacial score (nSPS) is 19.3. The van der Waals surface area contributed by atoms with Gasteiger partial charge in [-0.2, -0.15) is 0 Å². The second-order valence-electron chi connectivity index (χ2n) is 3.86. The lowest BCUT2D eigenvalue weighted by atomic mass is 10.3. The Balaban J connectivity index is 1.94. The van der Waals surface area contributed by atoms with E-state index in [1.54, 1.807) is 0 Å². The fourth-order valence-electron chi connectivity index (χ4n) is 1.88. The van der Waals surface area contributed by atoms with E-state index in [-0.39, 0.29) is 6.23 Å². The van der Waals surface area contributed by atoms with E-state index in [1.807, 2.05) is 24.3 Å². The Kier molecular flexibility index (Phi) is 4.19. The standard InChI is InChI=1S/C13H18NO2/c1-2-13(14-8-10-15-11-9-14)16-12-6-4-3-5-7-12/h3-6,13H,2,8-11H2,1H3. The molecule has 1 unspecified atom stereocenters. The molecular weight excluding hydrogens is 202 g/mol. The summed E-state index contributed by atoms with van der Waals surface area (Å²) < 4.78 is 11.3. The molecule has 1 aliphatic heterocycles. The van der Waals surface area contributed by atoms with Crippen LogP contribution >= 0.6 is 0 Å². The van der Waals surface area contributed by atoms with E-state index in [0.29, 0.717) is 0 Å². The van der Waals surface area contributed by atoms with Gasteiger partial charge in [-0.15, -0.1) is 0 Å². The third-order valence-corrected chi connectivity index (χ3v) is 2.75. The number of morpholine rings is 1. The summed E-state index contributed by atoms with van der Waals surface area (Å²) in [6.07, 6.45) is 1.12. The predicted molar refractivity (Wildman–Crippen MR) is 62.4 cm³/mol. The smallest absolute Gasteiger partial charge is 0.152 e. The summed E-state index contributed by atoms with van der Waals surface area (Å²) in [5.41, 5.74) is 0. The number of ether oxygens (including phenoxy) is 2. The van der Waals surface area contributed by atoms with Crippen molar-refractivity contribution in [3.63, 3.8) is 0 Å². The number of hydrogen-bond donors (Lipinski definition) is 0. The zero-order valence-corrected chi connectivity index (χ0v) is 9.69. The van der Waals surface area contributed by atoms with Crippen LogP contribution in [0.3, 0.4) is 0 Å². The third-order valence-electron chi connectivity index (χ3n) is 2.75. The van der Waals surface area contributed by atoms with Crippen LogP contribution in [0.2, 0.25) is 0 Å². The Labute approximate surface area is 97.0 Å². The van der Waals surface area contributed by atoms with Crippen molar-refractivity contribution >= 4 is 0 Å². The molecule has 1 aromatic rings. The lowest BCUT2D eigenvalue weighted by Crippen LogP contribution is -2.46. The van der Waals surface area contributed by atoms with Gasteiger partial charge in [0.25, 0.3) is 0 Å². The van der Waals surface area contributed by atoms with E-state index in [9.17, 15) is 0 Å².